The Kier molecular flexibility index (Phi) is 2.00. The lowest BCUT2D eigenvalue weighted by Crippen LogP contribution is -1.80. The summed E-state index contributed by atoms with van der Waals surface area (Å²) in [6.07, 6.45) is 1.87. The van der Waals surface area contributed by atoms with Crippen molar-refractivity contribution in [2.45, 2.75) is 0 Å². The van der Waals surface area contributed by atoms with Crippen molar-refractivity contribution >= 4 is 22.2 Å². The van der Waals surface area contributed by atoms with E-state index < -0.39 is 0 Å². The van der Waals surface area contributed by atoms with Crippen molar-refractivity contribution in [1.82, 2.24) is 4.98 Å². The highest BCUT2D eigenvalue weighted by atomic mass is 32.1. The Morgan fingerprint density at radius 2 is 1.87 bits per heavy atom. The van der Waals surface area contributed by atoms with Gasteiger partial charge in [0.05, 0.1) is 5.52 Å². The fraction of sp³-hybridized carbons (Fsp3) is 0. The zero-order valence-corrected chi connectivity index (χ0v) is 8.87. The van der Waals surface area contributed by atoms with E-state index in [1.54, 1.807) is 11.3 Å². The van der Waals surface area contributed by atoms with E-state index in [2.05, 4.69) is 40.7 Å². The normalized spacial score (nSPS) is 10.7. The monoisotopic (exact) mass is 211 g/mol. The largest absolute Gasteiger partial charge is 0.256 e. The molecule has 0 atom stereocenters. The maximum Gasteiger partial charge on any atom is 0.0708 e. The number of nitrogens with zero attached hydrogens (tertiary/aromatic N) is 1. The maximum atomic E-state index is 4.36. The molecule has 0 saturated heterocycles. The minimum Gasteiger partial charge on any atom is -0.256 e. The second-order valence-corrected chi connectivity index (χ2v) is 4.30. The Labute approximate surface area is 92.0 Å². The predicted octanol–water partition coefficient (Wildman–Crippen LogP) is 3.96. The predicted molar refractivity (Wildman–Crippen MR) is 65.1 cm³/mol. The summed E-state index contributed by atoms with van der Waals surface area (Å²) >= 11 is 1.76. The van der Waals surface area contributed by atoms with E-state index in [0.29, 0.717) is 0 Å². The second kappa shape index (κ2) is 3.48. The molecule has 2 heterocycles. The molecule has 0 N–H and O–H groups in total. The van der Waals surface area contributed by atoms with E-state index in [-0.39, 0.29) is 0 Å². The molecule has 72 valence electrons. The van der Waals surface area contributed by atoms with Gasteiger partial charge in [0, 0.05) is 22.0 Å². The molecule has 1 aromatic carbocycles. The lowest BCUT2D eigenvalue weighted by molar-refractivity contribution is 1.41. The number of thiophene rings is 1. The summed E-state index contributed by atoms with van der Waals surface area (Å²) in [4.78, 5) is 5.66. The van der Waals surface area contributed by atoms with Gasteiger partial charge in [-0.25, -0.2) is 0 Å². The van der Waals surface area contributed by atoms with Crippen LogP contribution in [0.1, 0.15) is 0 Å². The van der Waals surface area contributed by atoms with Crippen molar-refractivity contribution in [3.63, 3.8) is 0 Å². The number of hydrogen-bond acceptors (Lipinski definition) is 2. The van der Waals surface area contributed by atoms with Crippen LogP contribution in [0.3, 0.4) is 0 Å². The van der Waals surface area contributed by atoms with E-state index >= 15 is 0 Å². The van der Waals surface area contributed by atoms with Gasteiger partial charge in [-0.2, -0.15) is 0 Å². The summed E-state index contributed by atoms with van der Waals surface area (Å²) in [5, 5.41) is 3.33. The van der Waals surface area contributed by atoms with E-state index in [9.17, 15) is 0 Å². The van der Waals surface area contributed by atoms with Crippen LogP contribution in [0.5, 0.6) is 0 Å². The molecule has 15 heavy (non-hydrogen) atoms. The van der Waals surface area contributed by atoms with Crippen molar-refractivity contribution < 1.29 is 0 Å². The van der Waals surface area contributed by atoms with Crippen molar-refractivity contribution in [2.75, 3.05) is 0 Å². The number of benzene rings is 1. The highest BCUT2D eigenvalue weighted by Crippen LogP contribution is 2.30. The maximum absolute atomic E-state index is 4.36. The van der Waals surface area contributed by atoms with Gasteiger partial charge in [0.2, 0.25) is 0 Å². The molecule has 0 amide bonds. The lowest BCUT2D eigenvalue weighted by Gasteiger charge is -2.02. The first kappa shape index (κ1) is 8.62. The zero-order chi connectivity index (χ0) is 10.1. The van der Waals surface area contributed by atoms with E-state index in [0.717, 1.165) is 5.52 Å². The number of fused-ring (bicyclic) bond motifs is 1. The summed E-state index contributed by atoms with van der Waals surface area (Å²) in [6.45, 7) is 0. The van der Waals surface area contributed by atoms with E-state index in [1.165, 1.54) is 15.8 Å². The molecule has 1 nitrogen and oxygen atoms in total. The molecular weight excluding hydrogens is 202 g/mol. The van der Waals surface area contributed by atoms with Gasteiger partial charge in [-0.1, -0.05) is 24.3 Å². The van der Waals surface area contributed by atoms with Crippen LogP contribution in [-0.4, -0.2) is 4.98 Å². The zero-order valence-electron chi connectivity index (χ0n) is 8.05. The van der Waals surface area contributed by atoms with E-state index in [1.807, 2.05) is 18.3 Å². The molecule has 3 rings (SSSR count). The summed E-state index contributed by atoms with van der Waals surface area (Å²) in [5.41, 5.74) is 2.33. The lowest BCUT2D eigenvalue weighted by atomic mass is 10.1. The molecule has 0 aliphatic heterocycles. The molecule has 0 radical (unpaired) electrons. The Hall–Kier alpha value is -1.67. The molecule has 0 fully saturated rings. The van der Waals surface area contributed by atoms with Crippen LogP contribution in [0, 0.1) is 0 Å². The Morgan fingerprint density at radius 1 is 0.933 bits per heavy atom. The van der Waals surface area contributed by atoms with Crippen LogP contribution >= 0.6 is 11.3 Å². The molecule has 0 spiro atoms. The molecular formula is C13H9NS. The van der Waals surface area contributed by atoms with Crippen LogP contribution in [0.15, 0.2) is 54.0 Å². The molecule has 0 saturated carbocycles. The summed E-state index contributed by atoms with van der Waals surface area (Å²) in [6, 6.07) is 14.5. The van der Waals surface area contributed by atoms with Gasteiger partial charge >= 0.3 is 0 Å². The SMILES string of the molecule is c1csc(-c2ccnc3ccccc23)c1. The average molecular weight is 211 g/mol. The first-order valence-corrected chi connectivity index (χ1v) is 5.71. The second-order valence-electron chi connectivity index (χ2n) is 3.35. The van der Waals surface area contributed by atoms with Crippen LogP contribution in [0.2, 0.25) is 0 Å². The van der Waals surface area contributed by atoms with Crippen molar-refractivity contribution in [3.8, 4) is 10.4 Å². The van der Waals surface area contributed by atoms with Gasteiger partial charge in [-0.15, -0.1) is 11.3 Å². The van der Waals surface area contributed by atoms with Gasteiger partial charge in [-0.3, -0.25) is 4.98 Å². The average Bonchev–Trinajstić information content (AvgIpc) is 2.82. The standard InChI is InChI=1S/C13H9NS/c1-2-5-12-10(4-1)11(7-8-14-12)13-6-3-9-15-13/h1-9H. The third-order valence-corrected chi connectivity index (χ3v) is 3.34. The summed E-state index contributed by atoms with van der Waals surface area (Å²) in [7, 11) is 0. The molecule has 0 unspecified atom stereocenters. The third kappa shape index (κ3) is 1.43. The topological polar surface area (TPSA) is 12.9 Å². The quantitative estimate of drug-likeness (QED) is 0.593. The third-order valence-electron chi connectivity index (χ3n) is 2.44. The highest BCUT2D eigenvalue weighted by molar-refractivity contribution is 7.13. The first-order chi connectivity index (χ1) is 7.45. The van der Waals surface area contributed by atoms with Crippen molar-refractivity contribution in [1.29, 1.82) is 0 Å². The Bertz CT molecular complexity index is 579. The molecule has 0 aliphatic rings. The van der Waals surface area contributed by atoms with Crippen LogP contribution in [0.25, 0.3) is 21.3 Å². The minimum absolute atomic E-state index is 1.06. The number of aromatic nitrogens is 1. The number of hydrogen-bond donors (Lipinski definition) is 0. The fourth-order valence-electron chi connectivity index (χ4n) is 1.74. The van der Waals surface area contributed by atoms with E-state index in [4.69, 9.17) is 0 Å². The Balaban J connectivity index is 2.36. The highest BCUT2D eigenvalue weighted by Gasteiger charge is 2.03. The first-order valence-electron chi connectivity index (χ1n) is 4.83. The van der Waals surface area contributed by atoms with Crippen LogP contribution < -0.4 is 0 Å². The van der Waals surface area contributed by atoms with Crippen LogP contribution in [0.4, 0.5) is 0 Å². The number of rotatable bonds is 1. The molecule has 2 aromatic heterocycles. The summed E-state index contributed by atoms with van der Waals surface area (Å²) in [5.74, 6) is 0. The fourth-order valence-corrected chi connectivity index (χ4v) is 2.51. The number of pyridine rings is 1. The van der Waals surface area contributed by atoms with Gasteiger partial charge < -0.3 is 0 Å². The van der Waals surface area contributed by atoms with Gasteiger partial charge in [0.1, 0.15) is 0 Å². The van der Waals surface area contributed by atoms with Gasteiger partial charge in [0.25, 0.3) is 0 Å². The minimum atomic E-state index is 1.06. The number of para-hydroxylation sites is 1. The van der Waals surface area contributed by atoms with Crippen LogP contribution in [-0.2, 0) is 0 Å². The smallest absolute Gasteiger partial charge is 0.0708 e. The van der Waals surface area contributed by atoms with Gasteiger partial charge in [-0.05, 0) is 23.6 Å². The van der Waals surface area contributed by atoms with Crippen molar-refractivity contribution in [3.05, 3.63) is 54.0 Å². The summed E-state index contributed by atoms with van der Waals surface area (Å²) < 4.78 is 0. The Morgan fingerprint density at radius 3 is 2.73 bits per heavy atom. The molecule has 0 aliphatic carbocycles. The van der Waals surface area contributed by atoms with Gasteiger partial charge in [0.15, 0.2) is 0 Å². The molecule has 3 aromatic rings. The van der Waals surface area contributed by atoms with Crippen molar-refractivity contribution in [2.24, 2.45) is 0 Å². The molecule has 0 bridgehead atoms. The molecule has 2 heteroatoms.